The molecule has 0 radical (unpaired) electrons. The zero-order chi connectivity index (χ0) is 27.6. The molecule has 9 nitrogen and oxygen atoms in total. The summed E-state index contributed by atoms with van der Waals surface area (Å²) in [5.41, 5.74) is 2.60. The van der Waals surface area contributed by atoms with Crippen LogP contribution in [-0.4, -0.2) is 87.5 Å². The van der Waals surface area contributed by atoms with Crippen LogP contribution in [0.15, 0.2) is 41.3 Å². The molecule has 3 aromatic rings. The van der Waals surface area contributed by atoms with Crippen LogP contribution < -0.4 is 15.0 Å². The van der Waals surface area contributed by atoms with E-state index in [-0.39, 0.29) is 16.8 Å². The SMILES string of the molecule is COc1ccc(C)c2sc(N3CCN(CCNC(=O)c4ccc(S(=O)(=O)N5CCCCC5C)cc4)CC3)nc12. The van der Waals surface area contributed by atoms with Crippen LogP contribution in [0.3, 0.4) is 0 Å². The number of anilines is 1. The lowest BCUT2D eigenvalue weighted by molar-refractivity contribution is 0.0947. The molecule has 39 heavy (non-hydrogen) atoms. The van der Waals surface area contributed by atoms with Crippen molar-refractivity contribution in [2.45, 2.75) is 44.0 Å². The van der Waals surface area contributed by atoms with E-state index in [2.05, 4.69) is 28.1 Å². The Kier molecular flexibility index (Phi) is 8.41. The summed E-state index contributed by atoms with van der Waals surface area (Å²) in [6, 6.07) is 10.3. The van der Waals surface area contributed by atoms with E-state index in [9.17, 15) is 13.2 Å². The van der Waals surface area contributed by atoms with Crippen LogP contribution in [0.4, 0.5) is 5.13 Å². The summed E-state index contributed by atoms with van der Waals surface area (Å²) in [7, 11) is -1.86. The number of sulfonamides is 1. The van der Waals surface area contributed by atoms with Gasteiger partial charge in [-0.3, -0.25) is 9.69 Å². The van der Waals surface area contributed by atoms with E-state index in [1.54, 1.807) is 47.0 Å². The van der Waals surface area contributed by atoms with Gasteiger partial charge in [0.15, 0.2) is 5.13 Å². The number of rotatable bonds is 8. The molecular weight excluding hydrogens is 534 g/mol. The predicted molar refractivity (Wildman–Crippen MR) is 156 cm³/mol. The monoisotopic (exact) mass is 571 g/mol. The summed E-state index contributed by atoms with van der Waals surface area (Å²) in [6.45, 7) is 9.43. The molecule has 0 saturated carbocycles. The Morgan fingerprint density at radius 2 is 1.82 bits per heavy atom. The number of hydrogen-bond acceptors (Lipinski definition) is 8. The number of nitrogens with zero attached hydrogens (tertiary/aromatic N) is 4. The Hall–Kier alpha value is -2.73. The van der Waals surface area contributed by atoms with Crippen molar-refractivity contribution in [3.63, 3.8) is 0 Å². The highest BCUT2D eigenvalue weighted by Gasteiger charge is 2.31. The number of hydrogen-bond donors (Lipinski definition) is 1. The molecule has 11 heteroatoms. The Morgan fingerprint density at radius 3 is 2.51 bits per heavy atom. The lowest BCUT2D eigenvalue weighted by Crippen LogP contribution is -2.48. The standard InChI is InChI=1S/C28H37N5O4S2/c1-20-7-12-24(37-3)25-26(20)38-28(30-25)32-18-16-31(17-19-32)15-13-29-27(34)22-8-10-23(11-9-22)39(35,36)33-14-5-4-6-21(33)2/h7-12,21H,4-6,13-19H2,1-3H3,(H,29,34). The van der Waals surface area contributed by atoms with Gasteiger partial charge in [0.05, 0.1) is 16.7 Å². The Balaban J connectivity index is 1.10. The molecule has 2 aromatic carbocycles. The smallest absolute Gasteiger partial charge is 0.251 e. The second-order valence-corrected chi connectivity index (χ2v) is 13.2. The van der Waals surface area contributed by atoms with Gasteiger partial charge in [0.1, 0.15) is 11.3 Å². The Bertz CT molecular complexity index is 1420. The van der Waals surface area contributed by atoms with Gasteiger partial charge in [-0.05, 0) is 62.6 Å². The molecule has 2 fully saturated rings. The maximum atomic E-state index is 13.0. The zero-order valence-electron chi connectivity index (χ0n) is 22.9. The first-order chi connectivity index (χ1) is 18.8. The van der Waals surface area contributed by atoms with E-state index < -0.39 is 10.0 Å². The Labute approximate surface area is 234 Å². The molecule has 1 N–H and O–H groups in total. The number of carbonyl (C=O) groups is 1. The largest absolute Gasteiger partial charge is 0.494 e. The molecule has 2 aliphatic heterocycles. The van der Waals surface area contributed by atoms with Gasteiger partial charge in [0.2, 0.25) is 10.0 Å². The van der Waals surface area contributed by atoms with Gasteiger partial charge in [-0.15, -0.1) is 0 Å². The molecular formula is C28H37N5O4S2. The highest BCUT2D eigenvalue weighted by molar-refractivity contribution is 7.89. The van der Waals surface area contributed by atoms with Crippen LogP contribution in [0.5, 0.6) is 5.75 Å². The number of ether oxygens (including phenoxy) is 1. The second kappa shape index (κ2) is 11.8. The third kappa shape index (κ3) is 5.91. The number of thiazole rings is 1. The summed E-state index contributed by atoms with van der Waals surface area (Å²) in [5, 5.41) is 4.00. The van der Waals surface area contributed by atoms with Crippen molar-refractivity contribution in [1.82, 2.24) is 19.5 Å². The fourth-order valence-corrected chi connectivity index (χ4v) is 8.14. The van der Waals surface area contributed by atoms with Crippen LogP contribution in [0, 0.1) is 6.92 Å². The van der Waals surface area contributed by atoms with Crippen LogP contribution in [-0.2, 0) is 10.0 Å². The van der Waals surface area contributed by atoms with Crippen LogP contribution in [0.25, 0.3) is 10.2 Å². The number of piperidine rings is 1. The molecule has 0 aliphatic carbocycles. The minimum atomic E-state index is -3.54. The number of amides is 1. The molecule has 1 atom stereocenters. The van der Waals surface area contributed by atoms with Gasteiger partial charge in [0.25, 0.3) is 5.91 Å². The number of aromatic nitrogens is 1. The first-order valence-corrected chi connectivity index (χ1v) is 15.8. The van der Waals surface area contributed by atoms with Crippen molar-refractivity contribution in [2.24, 2.45) is 0 Å². The molecule has 1 unspecified atom stereocenters. The molecule has 0 bridgehead atoms. The molecule has 1 aromatic heterocycles. The number of nitrogens with one attached hydrogen (secondary N) is 1. The minimum absolute atomic E-state index is 0.00232. The molecule has 2 aliphatic rings. The van der Waals surface area contributed by atoms with Crippen LogP contribution in [0.2, 0.25) is 0 Å². The predicted octanol–water partition coefficient (Wildman–Crippen LogP) is 3.73. The summed E-state index contributed by atoms with van der Waals surface area (Å²) in [4.78, 5) is 22.5. The summed E-state index contributed by atoms with van der Waals surface area (Å²) >= 11 is 1.71. The molecule has 5 rings (SSSR count). The molecule has 0 spiro atoms. The van der Waals surface area contributed by atoms with E-state index in [4.69, 9.17) is 9.72 Å². The highest BCUT2D eigenvalue weighted by Crippen LogP contribution is 2.36. The number of fused-ring (bicyclic) bond motifs is 1. The summed E-state index contributed by atoms with van der Waals surface area (Å²) < 4.78 is 34.3. The van der Waals surface area contributed by atoms with Crippen LogP contribution >= 0.6 is 11.3 Å². The van der Waals surface area contributed by atoms with Crippen molar-refractivity contribution < 1.29 is 17.9 Å². The van der Waals surface area contributed by atoms with E-state index >= 15 is 0 Å². The van der Waals surface area contributed by atoms with Gasteiger partial charge < -0.3 is 15.0 Å². The lowest BCUT2D eigenvalue weighted by atomic mass is 10.1. The average molecular weight is 572 g/mol. The lowest BCUT2D eigenvalue weighted by Gasteiger charge is -2.34. The van der Waals surface area contributed by atoms with E-state index in [1.807, 2.05) is 13.0 Å². The average Bonchev–Trinajstić information content (AvgIpc) is 3.40. The topological polar surface area (TPSA) is 95.1 Å². The van der Waals surface area contributed by atoms with Gasteiger partial charge in [-0.25, -0.2) is 13.4 Å². The quantitative estimate of drug-likeness (QED) is 0.440. The fourth-order valence-electron chi connectivity index (χ4n) is 5.33. The third-order valence-electron chi connectivity index (χ3n) is 7.73. The number of piperazine rings is 1. The molecule has 3 heterocycles. The fraction of sp³-hybridized carbons (Fsp3) is 0.500. The zero-order valence-corrected chi connectivity index (χ0v) is 24.5. The number of carbonyl (C=O) groups excluding carboxylic acids is 1. The maximum Gasteiger partial charge on any atom is 0.251 e. The van der Waals surface area contributed by atoms with Crippen molar-refractivity contribution in [1.29, 1.82) is 0 Å². The van der Waals surface area contributed by atoms with Gasteiger partial charge in [-0.2, -0.15) is 4.31 Å². The van der Waals surface area contributed by atoms with E-state index in [0.29, 0.717) is 18.7 Å². The van der Waals surface area contributed by atoms with Crippen molar-refractivity contribution in [3.8, 4) is 5.75 Å². The summed E-state index contributed by atoms with van der Waals surface area (Å²) in [6.07, 6.45) is 2.82. The maximum absolute atomic E-state index is 13.0. The van der Waals surface area contributed by atoms with Gasteiger partial charge in [-0.1, -0.05) is 23.8 Å². The molecule has 210 valence electrons. The van der Waals surface area contributed by atoms with E-state index in [0.717, 1.165) is 68.4 Å². The molecule has 2 saturated heterocycles. The normalized spacial score (nSPS) is 19.4. The van der Waals surface area contributed by atoms with Crippen molar-refractivity contribution >= 4 is 42.6 Å². The summed E-state index contributed by atoms with van der Waals surface area (Å²) in [5.74, 6) is 0.614. The third-order valence-corrected chi connectivity index (χ3v) is 11.0. The first-order valence-electron chi connectivity index (χ1n) is 13.6. The number of benzene rings is 2. The highest BCUT2D eigenvalue weighted by atomic mass is 32.2. The number of aryl methyl sites for hydroxylation is 1. The van der Waals surface area contributed by atoms with Gasteiger partial charge in [0, 0.05) is 57.4 Å². The second-order valence-electron chi connectivity index (χ2n) is 10.3. The molecule has 1 amide bonds. The van der Waals surface area contributed by atoms with E-state index in [1.165, 1.54) is 10.3 Å². The van der Waals surface area contributed by atoms with Crippen molar-refractivity contribution in [3.05, 3.63) is 47.5 Å². The first kappa shape index (κ1) is 27.8. The van der Waals surface area contributed by atoms with Gasteiger partial charge >= 0.3 is 0 Å². The van der Waals surface area contributed by atoms with Crippen LogP contribution in [0.1, 0.15) is 42.1 Å². The minimum Gasteiger partial charge on any atom is -0.494 e. The Morgan fingerprint density at radius 1 is 1.08 bits per heavy atom. The number of methoxy groups -OCH3 is 1. The van der Waals surface area contributed by atoms with Crippen molar-refractivity contribution in [2.75, 3.05) is 57.8 Å².